The number of likely N-dealkylation sites (tertiary alicyclic amines) is 1. The van der Waals surface area contributed by atoms with Crippen LogP contribution < -0.4 is 19.1 Å². The maximum absolute atomic E-state index is 15.8. The lowest BCUT2D eigenvalue weighted by atomic mass is 10.2. The van der Waals surface area contributed by atoms with Crippen LogP contribution in [0.5, 0.6) is 11.5 Å². The summed E-state index contributed by atoms with van der Waals surface area (Å²) in [4.78, 5) is 16.7. The van der Waals surface area contributed by atoms with Gasteiger partial charge in [-0.15, -0.1) is 0 Å². The highest BCUT2D eigenvalue weighted by molar-refractivity contribution is 9.10. The smallest absolute Gasteiger partial charge is 0.410 e. The van der Waals surface area contributed by atoms with Crippen molar-refractivity contribution in [3.05, 3.63) is 52.3 Å². The van der Waals surface area contributed by atoms with Crippen LogP contribution in [0.4, 0.5) is 24.4 Å². The molecule has 11 nitrogen and oxygen atoms in total. The van der Waals surface area contributed by atoms with Gasteiger partial charge in [-0.1, -0.05) is 0 Å². The molecule has 1 atom stereocenters. The van der Waals surface area contributed by atoms with E-state index in [1.165, 1.54) is 19.1 Å². The van der Waals surface area contributed by atoms with Gasteiger partial charge in [0.1, 0.15) is 29.2 Å². The Morgan fingerprint density at radius 2 is 1.98 bits per heavy atom. The average Bonchev–Trinajstić information content (AvgIpc) is 3.62. The van der Waals surface area contributed by atoms with Crippen molar-refractivity contribution in [1.29, 1.82) is 0 Å². The molecule has 1 fully saturated rings. The highest BCUT2D eigenvalue weighted by atomic mass is 79.9. The second-order valence-corrected chi connectivity index (χ2v) is 13.7. The predicted molar refractivity (Wildman–Crippen MR) is 157 cm³/mol. The van der Waals surface area contributed by atoms with E-state index in [2.05, 4.69) is 30.6 Å². The van der Waals surface area contributed by atoms with E-state index >= 15 is 8.78 Å². The van der Waals surface area contributed by atoms with E-state index in [4.69, 9.17) is 14.2 Å². The number of aromatic nitrogens is 2. The fraction of sp³-hybridized carbons (Fsp3) is 0.423. The molecule has 0 radical (unpaired) electrons. The number of nitrogens with zero attached hydrogens (tertiary/aromatic N) is 4. The van der Waals surface area contributed by atoms with Crippen LogP contribution in [0, 0.1) is 11.6 Å². The van der Waals surface area contributed by atoms with Gasteiger partial charge in [0.25, 0.3) is 10.0 Å². The third kappa shape index (κ3) is 6.86. The van der Waals surface area contributed by atoms with Crippen LogP contribution in [-0.2, 0) is 21.3 Å². The standard InChI is InChI=1S/C26H30BrF2N5O6S2/c1-26(2,3)40-25(35)33-9-8-16(13-33)32-19-11-18(28)23(22(29)21(19)27)42(36,37)34(24-30-14-31-41-24)12-15-6-7-17(38-4)10-20(15)39-5/h6-7,10-11,14,16,32H,8-9,12-13H2,1-5H3/t16-/m0/s1. The Balaban J connectivity index is 1.64. The monoisotopic (exact) mass is 689 g/mol. The second-order valence-electron chi connectivity index (χ2n) is 10.3. The lowest BCUT2D eigenvalue weighted by Gasteiger charge is -2.25. The van der Waals surface area contributed by atoms with E-state index in [1.807, 2.05) is 0 Å². The van der Waals surface area contributed by atoms with E-state index in [0.29, 0.717) is 30.0 Å². The highest BCUT2D eigenvalue weighted by Gasteiger charge is 2.36. The van der Waals surface area contributed by atoms with Gasteiger partial charge in [0.05, 0.1) is 30.9 Å². The number of anilines is 2. The number of rotatable bonds is 9. The molecule has 1 aromatic heterocycles. The zero-order chi connectivity index (χ0) is 30.8. The van der Waals surface area contributed by atoms with Gasteiger partial charge in [0, 0.05) is 42.3 Å². The molecule has 0 spiro atoms. The molecule has 0 bridgehead atoms. The van der Waals surface area contributed by atoms with Gasteiger partial charge in [0.2, 0.25) is 5.13 Å². The van der Waals surface area contributed by atoms with Gasteiger partial charge in [0.15, 0.2) is 10.7 Å². The van der Waals surface area contributed by atoms with Crippen LogP contribution in [-0.4, -0.2) is 67.7 Å². The summed E-state index contributed by atoms with van der Waals surface area (Å²) in [5.74, 6) is -1.86. The first-order chi connectivity index (χ1) is 19.7. The lowest BCUT2D eigenvalue weighted by Crippen LogP contribution is -2.36. The summed E-state index contributed by atoms with van der Waals surface area (Å²) in [6, 6.07) is 5.30. The first kappa shape index (κ1) is 31.7. The van der Waals surface area contributed by atoms with Gasteiger partial charge in [-0.2, -0.15) is 4.37 Å². The highest BCUT2D eigenvalue weighted by Crippen LogP contribution is 2.38. The minimum Gasteiger partial charge on any atom is -0.497 e. The quantitative estimate of drug-likeness (QED) is 0.294. The lowest BCUT2D eigenvalue weighted by molar-refractivity contribution is 0.0293. The Hall–Kier alpha value is -3.24. The number of carbonyl (C=O) groups is 1. The van der Waals surface area contributed by atoms with Crippen molar-refractivity contribution in [2.45, 2.75) is 50.3 Å². The Morgan fingerprint density at radius 3 is 2.60 bits per heavy atom. The molecule has 0 aliphatic carbocycles. The molecule has 4 rings (SSSR count). The van der Waals surface area contributed by atoms with E-state index in [9.17, 15) is 13.2 Å². The Bertz CT molecular complexity index is 1550. The topological polar surface area (TPSA) is 123 Å². The molecular weight excluding hydrogens is 660 g/mol. The molecule has 3 aromatic rings. The van der Waals surface area contributed by atoms with Crippen LogP contribution in [0.3, 0.4) is 0 Å². The van der Waals surface area contributed by atoms with E-state index in [1.54, 1.807) is 39.0 Å². The Labute approximate surface area is 255 Å². The third-order valence-electron chi connectivity index (χ3n) is 6.24. The van der Waals surface area contributed by atoms with Crippen molar-refractivity contribution in [1.82, 2.24) is 14.3 Å². The zero-order valence-corrected chi connectivity index (χ0v) is 26.7. The maximum Gasteiger partial charge on any atom is 0.410 e. The fourth-order valence-electron chi connectivity index (χ4n) is 4.29. The fourth-order valence-corrected chi connectivity index (χ4v) is 7.10. The average molecular weight is 691 g/mol. The minimum atomic E-state index is -4.85. The number of carbonyl (C=O) groups excluding carboxylic acids is 1. The van der Waals surface area contributed by atoms with Gasteiger partial charge >= 0.3 is 6.09 Å². The predicted octanol–water partition coefficient (Wildman–Crippen LogP) is 5.41. The molecule has 2 aromatic carbocycles. The molecule has 1 aliphatic heterocycles. The largest absolute Gasteiger partial charge is 0.497 e. The number of hydrogen-bond acceptors (Lipinski definition) is 10. The molecule has 2 heterocycles. The van der Waals surface area contributed by atoms with Crippen molar-refractivity contribution >= 4 is 54.4 Å². The molecule has 16 heteroatoms. The number of hydrogen-bond donors (Lipinski definition) is 1. The van der Waals surface area contributed by atoms with E-state index in [0.717, 1.165) is 28.2 Å². The molecule has 228 valence electrons. The van der Waals surface area contributed by atoms with Crippen molar-refractivity contribution in [2.24, 2.45) is 0 Å². The number of amides is 1. The minimum absolute atomic E-state index is 0.000669. The number of methoxy groups -OCH3 is 2. The molecule has 0 saturated carbocycles. The van der Waals surface area contributed by atoms with Crippen molar-refractivity contribution in [3.8, 4) is 11.5 Å². The Kier molecular flexibility index (Phi) is 9.47. The normalized spacial score (nSPS) is 15.4. The molecule has 1 amide bonds. The first-order valence-electron chi connectivity index (χ1n) is 12.7. The molecule has 0 unspecified atom stereocenters. The molecular formula is C26H30BrF2N5O6S2. The number of nitrogens with one attached hydrogen (secondary N) is 1. The SMILES string of the molecule is COc1ccc(CN(c2ncns2)S(=O)(=O)c2c(F)cc(N[C@H]3CCN(C(=O)OC(C)(C)C)C3)c(Br)c2F)c(OC)c1. The molecule has 1 aliphatic rings. The van der Waals surface area contributed by atoms with Gasteiger partial charge in [-0.25, -0.2) is 31.3 Å². The Morgan fingerprint density at radius 1 is 1.24 bits per heavy atom. The maximum atomic E-state index is 15.8. The van der Waals surface area contributed by atoms with Gasteiger partial charge in [-0.3, -0.25) is 0 Å². The van der Waals surface area contributed by atoms with Gasteiger partial charge in [-0.05, 0) is 61.3 Å². The van der Waals surface area contributed by atoms with Crippen molar-refractivity contribution < 1.29 is 36.2 Å². The summed E-state index contributed by atoms with van der Waals surface area (Å²) in [5.41, 5.74) is -0.273. The number of ether oxygens (including phenoxy) is 3. The van der Waals surface area contributed by atoms with Crippen molar-refractivity contribution in [3.63, 3.8) is 0 Å². The summed E-state index contributed by atoms with van der Waals surface area (Å²) in [7, 11) is -1.98. The van der Waals surface area contributed by atoms with Crippen LogP contribution in [0.15, 0.2) is 40.0 Å². The van der Waals surface area contributed by atoms with E-state index < -0.39 is 38.2 Å². The third-order valence-corrected chi connectivity index (χ3v) is 9.59. The van der Waals surface area contributed by atoms with Crippen LogP contribution in [0.2, 0.25) is 0 Å². The van der Waals surface area contributed by atoms with Crippen LogP contribution in [0.25, 0.3) is 0 Å². The van der Waals surface area contributed by atoms with Crippen molar-refractivity contribution in [2.75, 3.05) is 36.9 Å². The molecule has 42 heavy (non-hydrogen) atoms. The van der Waals surface area contributed by atoms with Crippen LogP contribution in [0.1, 0.15) is 32.8 Å². The first-order valence-corrected chi connectivity index (χ1v) is 15.7. The summed E-state index contributed by atoms with van der Waals surface area (Å²) in [6.07, 6.45) is 1.14. The number of benzene rings is 2. The summed E-state index contributed by atoms with van der Waals surface area (Å²) < 4.78 is 79.4. The number of halogens is 3. The summed E-state index contributed by atoms with van der Waals surface area (Å²) in [6.45, 7) is 5.54. The molecule has 1 N–H and O–H groups in total. The van der Waals surface area contributed by atoms with E-state index in [-0.39, 0.29) is 34.4 Å². The van der Waals surface area contributed by atoms with Crippen LogP contribution >= 0.6 is 27.5 Å². The molecule has 1 saturated heterocycles. The zero-order valence-electron chi connectivity index (χ0n) is 23.5. The summed E-state index contributed by atoms with van der Waals surface area (Å²) >= 11 is 3.85. The number of sulfonamides is 1. The summed E-state index contributed by atoms with van der Waals surface area (Å²) in [5, 5.41) is 2.91. The van der Waals surface area contributed by atoms with Gasteiger partial charge < -0.3 is 24.4 Å². The second kappa shape index (κ2) is 12.6.